The van der Waals surface area contributed by atoms with E-state index in [1.165, 1.54) is 20.1 Å². The minimum Gasteiger partial charge on any atom is -0.469 e. The number of halogens is 1. The second-order valence-electron chi connectivity index (χ2n) is 4.10. The molecule has 0 spiro atoms. The van der Waals surface area contributed by atoms with Gasteiger partial charge < -0.3 is 4.74 Å². The maximum Gasteiger partial charge on any atom is 0.309 e. The van der Waals surface area contributed by atoms with Crippen molar-refractivity contribution in [3.8, 4) is 0 Å². The van der Waals surface area contributed by atoms with Crippen LogP contribution in [0.3, 0.4) is 0 Å². The van der Waals surface area contributed by atoms with Gasteiger partial charge in [0.25, 0.3) is 0 Å². The molecule has 13 heavy (non-hydrogen) atoms. The Morgan fingerprint density at radius 2 is 2.08 bits per heavy atom. The maximum atomic E-state index is 12.6. The van der Waals surface area contributed by atoms with Crippen LogP contribution < -0.4 is 0 Å². The summed E-state index contributed by atoms with van der Waals surface area (Å²) in [5, 5.41) is 0. The Balaban J connectivity index is 2.72. The molecule has 2 nitrogen and oxygen atoms in total. The van der Waals surface area contributed by atoms with Crippen LogP contribution in [0, 0.1) is 17.3 Å². The van der Waals surface area contributed by atoms with Gasteiger partial charge in [0, 0.05) is 0 Å². The van der Waals surface area contributed by atoms with Crippen LogP contribution >= 0.6 is 0 Å². The Labute approximate surface area is 77.8 Å². The molecule has 0 aromatic carbocycles. The average Bonchev–Trinajstić information content (AvgIpc) is 2.51. The van der Waals surface area contributed by atoms with E-state index in [0.717, 1.165) is 0 Å². The van der Waals surface area contributed by atoms with Crippen molar-refractivity contribution in [3.05, 3.63) is 11.9 Å². The number of esters is 1. The molecular weight excluding hydrogens is 171 g/mol. The molecule has 1 aliphatic carbocycles. The van der Waals surface area contributed by atoms with Crippen LogP contribution in [0.4, 0.5) is 4.39 Å². The first-order chi connectivity index (χ1) is 5.91. The van der Waals surface area contributed by atoms with E-state index in [1.807, 2.05) is 13.8 Å². The lowest BCUT2D eigenvalue weighted by atomic mass is 10.1. The minimum atomic E-state index is -0.243. The Bertz CT molecular complexity index is 252. The monoisotopic (exact) mass is 186 g/mol. The lowest BCUT2D eigenvalue weighted by Crippen LogP contribution is -2.07. The van der Waals surface area contributed by atoms with Crippen molar-refractivity contribution in [2.75, 3.05) is 7.11 Å². The van der Waals surface area contributed by atoms with Gasteiger partial charge >= 0.3 is 5.97 Å². The Morgan fingerprint density at radius 1 is 1.54 bits per heavy atom. The van der Waals surface area contributed by atoms with Gasteiger partial charge in [-0.05, 0) is 24.3 Å². The second kappa shape index (κ2) is 3.13. The second-order valence-corrected chi connectivity index (χ2v) is 4.10. The fourth-order valence-corrected chi connectivity index (χ4v) is 1.81. The zero-order chi connectivity index (χ0) is 10.2. The van der Waals surface area contributed by atoms with E-state index in [2.05, 4.69) is 4.74 Å². The van der Waals surface area contributed by atoms with Gasteiger partial charge in [0.1, 0.15) is 0 Å². The molecule has 0 bridgehead atoms. The first kappa shape index (κ1) is 10.2. The molecule has 0 amide bonds. The first-order valence-corrected chi connectivity index (χ1v) is 4.33. The molecule has 0 aromatic heterocycles. The van der Waals surface area contributed by atoms with Crippen LogP contribution in [0.1, 0.15) is 20.8 Å². The summed E-state index contributed by atoms with van der Waals surface area (Å²) in [6.07, 6.45) is 1.50. The van der Waals surface area contributed by atoms with Crippen LogP contribution in [-0.2, 0) is 9.53 Å². The molecule has 1 fully saturated rings. The molecule has 2 atom stereocenters. The third-order valence-electron chi connectivity index (χ3n) is 2.78. The Hall–Kier alpha value is -0.860. The molecule has 0 saturated heterocycles. The normalized spacial score (nSPS) is 31.3. The van der Waals surface area contributed by atoms with E-state index in [0.29, 0.717) is 0 Å². The van der Waals surface area contributed by atoms with E-state index in [9.17, 15) is 9.18 Å². The van der Waals surface area contributed by atoms with Gasteiger partial charge in [0.15, 0.2) is 0 Å². The van der Waals surface area contributed by atoms with Gasteiger partial charge in [-0.25, -0.2) is 4.39 Å². The standard InChI is InChI=1S/C10H15FO2/c1-6(11)5-7-8(9(12)13-4)10(7,2)3/h5,7-8H,1-4H3/b6-5-/t7-,8-/m0/s1. The summed E-state index contributed by atoms with van der Waals surface area (Å²) in [5.74, 6) is -0.662. The van der Waals surface area contributed by atoms with Crippen molar-refractivity contribution in [1.82, 2.24) is 0 Å². The quantitative estimate of drug-likeness (QED) is 0.618. The van der Waals surface area contributed by atoms with E-state index in [-0.39, 0.29) is 29.0 Å². The lowest BCUT2D eigenvalue weighted by Gasteiger charge is -1.98. The molecule has 0 unspecified atom stereocenters. The summed E-state index contributed by atoms with van der Waals surface area (Å²) in [5.41, 5.74) is -0.152. The summed E-state index contributed by atoms with van der Waals surface area (Å²) in [6.45, 7) is 5.28. The topological polar surface area (TPSA) is 26.3 Å². The predicted octanol–water partition coefficient (Wildman–Crippen LogP) is 2.30. The smallest absolute Gasteiger partial charge is 0.309 e. The largest absolute Gasteiger partial charge is 0.469 e. The highest BCUT2D eigenvalue weighted by Gasteiger charge is 2.61. The van der Waals surface area contributed by atoms with Crippen LogP contribution in [0.15, 0.2) is 11.9 Å². The number of carbonyl (C=O) groups is 1. The molecule has 1 saturated carbocycles. The fourth-order valence-electron chi connectivity index (χ4n) is 1.81. The van der Waals surface area contributed by atoms with Gasteiger partial charge in [-0.3, -0.25) is 4.79 Å². The molecule has 0 radical (unpaired) electrons. The Morgan fingerprint density at radius 3 is 2.46 bits per heavy atom. The maximum absolute atomic E-state index is 12.6. The number of hydrogen-bond donors (Lipinski definition) is 0. The van der Waals surface area contributed by atoms with E-state index in [4.69, 9.17) is 0 Å². The van der Waals surface area contributed by atoms with Crippen molar-refractivity contribution in [2.45, 2.75) is 20.8 Å². The zero-order valence-corrected chi connectivity index (χ0v) is 8.43. The van der Waals surface area contributed by atoms with E-state index >= 15 is 0 Å². The number of allylic oxidation sites excluding steroid dienone is 2. The van der Waals surface area contributed by atoms with Crippen LogP contribution in [-0.4, -0.2) is 13.1 Å². The summed E-state index contributed by atoms with van der Waals surface area (Å²) in [6, 6.07) is 0. The van der Waals surface area contributed by atoms with Crippen molar-refractivity contribution in [1.29, 1.82) is 0 Å². The number of hydrogen-bond acceptors (Lipinski definition) is 2. The highest BCUT2D eigenvalue weighted by molar-refractivity contribution is 5.78. The first-order valence-electron chi connectivity index (χ1n) is 4.33. The molecule has 0 heterocycles. The molecular formula is C10H15FO2. The van der Waals surface area contributed by atoms with E-state index < -0.39 is 0 Å². The molecule has 0 N–H and O–H groups in total. The Kier molecular flexibility index (Phi) is 2.46. The summed E-state index contributed by atoms with van der Waals surface area (Å²) in [7, 11) is 1.36. The molecule has 0 aliphatic heterocycles. The summed E-state index contributed by atoms with van der Waals surface area (Å²) in [4.78, 5) is 11.2. The highest BCUT2D eigenvalue weighted by Crippen LogP contribution is 2.59. The van der Waals surface area contributed by atoms with Gasteiger partial charge in [-0.15, -0.1) is 0 Å². The van der Waals surface area contributed by atoms with Crippen LogP contribution in [0.5, 0.6) is 0 Å². The fraction of sp³-hybridized carbons (Fsp3) is 0.700. The molecule has 3 heteroatoms. The predicted molar refractivity (Wildman–Crippen MR) is 47.6 cm³/mol. The van der Waals surface area contributed by atoms with Crippen molar-refractivity contribution >= 4 is 5.97 Å². The average molecular weight is 186 g/mol. The number of rotatable bonds is 2. The van der Waals surface area contributed by atoms with Crippen LogP contribution in [0.25, 0.3) is 0 Å². The highest BCUT2D eigenvalue weighted by atomic mass is 19.1. The molecule has 1 aliphatic rings. The van der Waals surface area contributed by atoms with Gasteiger partial charge in [0.05, 0.1) is 18.9 Å². The van der Waals surface area contributed by atoms with E-state index in [1.54, 1.807) is 0 Å². The number of methoxy groups -OCH3 is 1. The van der Waals surface area contributed by atoms with Crippen molar-refractivity contribution in [2.24, 2.45) is 17.3 Å². The van der Waals surface area contributed by atoms with Crippen molar-refractivity contribution in [3.63, 3.8) is 0 Å². The molecule has 1 rings (SSSR count). The zero-order valence-electron chi connectivity index (χ0n) is 8.43. The lowest BCUT2D eigenvalue weighted by molar-refractivity contribution is -0.143. The minimum absolute atomic E-state index is 0.00931. The molecule has 0 aromatic rings. The third kappa shape index (κ3) is 1.74. The third-order valence-corrected chi connectivity index (χ3v) is 2.78. The van der Waals surface area contributed by atoms with Crippen molar-refractivity contribution < 1.29 is 13.9 Å². The van der Waals surface area contributed by atoms with Gasteiger partial charge in [-0.1, -0.05) is 13.8 Å². The number of ether oxygens (including phenoxy) is 1. The van der Waals surface area contributed by atoms with Gasteiger partial charge in [-0.2, -0.15) is 0 Å². The molecule has 74 valence electrons. The van der Waals surface area contributed by atoms with Crippen LogP contribution in [0.2, 0.25) is 0 Å². The number of carbonyl (C=O) groups excluding carboxylic acids is 1. The summed E-state index contributed by atoms with van der Waals surface area (Å²) < 4.78 is 17.2. The van der Waals surface area contributed by atoms with Gasteiger partial charge in [0.2, 0.25) is 0 Å². The SMILES string of the molecule is COC(=O)[C@@H]1[C@H](/C=C(/C)F)C1(C)C. The summed E-state index contributed by atoms with van der Waals surface area (Å²) >= 11 is 0.